The minimum atomic E-state index is -0.101. The number of esters is 1. The van der Waals surface area contributed by atoms with Crippen LogP contribution in [0.25, 0.3) is 0 Å². The Morgan fingerprint density at radius 3 is 2.13 bits per heavy atom. The first kappa shape index (κ1) is 21.7. The molecule has 0 bridgehead atoms. The van der Waals surface area contributed by atoms with Crippen LogP contribution in [0.1, 0.15) is 84.0 Å². The summed E-state index contributed by atoms with van der Waals surface area (Å²) in [6, 6.07) is 0. The predicted octanol–water partition coefficient (Wildman–Crippen LogP) is 6.53. The van der Waals surface area contributed by atoms with E-state index < -0.39 is 0 Å². The Labute approximate surface area is 143 Å². The highest BCUT2D eigenvalue weighted by Crippen LogP contribution is 2.08. The zero-order valence-electron chi connectivity index (χ0n) is 15.1. The molecule has 0 aliphatic rings. The van der Waals surface area contributed by atoms with E-state index >= 15 is 0 Å². The minimum absolute atomic E-state index is 0.101. The van der Waals surface area contributed by atoms with Crippen molar-refractivity contribution in [3.05, 3.63) is 37.0 Å². The lowest BCUT2D eigenvalue weighted by Crippen LogP contribution is -2.03. The molecule has 0 aromatic rings. The van der Waals surface area contributed by atoms with Gasteiger partial charge in [0.15, 0.2) is 0 Å². The SMILES string of the molecule is C=CCOC(=O)CCCCCCCC=CCC=CCCCCC. The van der Waals surface area contributed by atoms with E-state index in [-0.39, 0.29) is 5.97 Å². The molecule has 0 fully saturated rings. The average molecular weight is 321 g/mol. The van der Waals surface area contributed by atoms with Gasteiger partial charge in [0.05, 0.1) is 0 Å². The Kier molecular flexibility index (Phi) is 17.7. The van der Waals surface area contributed by atoms with E-state index in [2.05, 4.69) is 37.8 Å². The number of rotatable bonds is 16. The van der Waals surface area contributed by atoms with E-state index in [1.807, 2.05) is 0 Å². The zero-order valence-corrected chi connectivity index (χ0v) is 15.1. The highest BCUT2D eigenvalue weighted by atomic mass is 16.5. The molecule has 2 nitrogen and oxygen atoms in total. The van der Waals surface area contributed by atoms with Crippen LogP contribution in [0.2, 0.25) is 0 Å². The van der Waals surface area contributed by atoms with Gasteiger partial charge < -0.3 is 4.74 Å². The fraction of sp³-hybridized carbons (Fsp3) is 0.667. The van der Waals surface area contributed by atoms with Crippen molar-refractivity contribution < 1.29 is 9.53 Å². The van der Waals surface area contributed by atoms with Gasteiger partial charge in [-0.2, -0.15) is 0 Å². The third-order valence-electron chi connectivity index (χ3n) is 3.69. The number of carbonyl (C=O) groups is 1. The van der Waals surface area contributed by atoms with Crippen molar-refractivity contribution in [3.8, 4) is 0 Å². The zero-order chi connectivity index (χ0) is 17.0. The van der Waals surface area contributed by atoms with Gasteiger partial charge in [-0.25, -0.2) is 0 Å². The maximum Gasteiger partial charge on any atom is 0.306 e. The first-order valence-corrected chi connectivity index (χ1v) is 9.37. The van der Waals surface area contributed by atoms with E-state index in [9.17, 15) is 4.79 Å². The maximum absolute atomic E-state index is 11.3. The molecule has 0 aliphatic heterocycles. The van der Waals surface area contributed by atoms with Gasteiger partial charge in [0.25, 0.3) is 0 Å². The van der Waals surface area contributed by atoms with Crippen LogP contribution < -0.4 is 0 Å². The van der Waals surface area contributed by atoms with E-state index in [1.54, 1.807) is 6.08 Å². The van der Waals surface area contributed by atoms with Gasteiger partial charge in [0, 0.05) is 6.42 Å². The highest BCUT2D eigenvalue weighted by molar-refractivity contribution is 5.69. The molecule has 23 heavy (non-hydrogen) atoms. The van der Waals surface area contributed by atoms with Crippen molar-refractivity contribution in [2.24, 2.45) is 0 Å². The Hall–Kier alpha value is -1.31. The average Bonchev–Trinajstić information content (AvgIpc) is 2.56. The second-order valence-corrected chi connectivity index (χ2v) is 5.95. The Morgan fingerprint density at radius 1 is 0.870 bits per heavy atom. The largest absolute Gasteiger partial charge is 0.461 e. The molecule has 0 spiro atoms. The monoisotopic (exact) mass is 320 g/mol. The van der Waals surface area contributed by atoms with Gasteiger partial charge in [0.1, 0.15) is 6.61 Å². The Morgan fingerprint density at radius 2 is 1.48 bits per heavy atom. The molecule has 0 unspecified atom stereocenters. The molecule has 0 aromatic carbocycles. The highest BCUT2D eigenvalue weighted by Gasteiger charge is 2.00. The lowest BCUT2D eigenvalue weighted by molar-refractivity contribution is -0.142. The van der Waals surface area contributed by atoms with Gasteiger partial charge in [-0.05, 0) is 38.5 Å². The number of unbranched alkanes of at least 4 members (excludes halogenated alkanes) is 8. The third-order valence-corrected chi connectivity index (χ3v) is 3.69. The molecule has 0 atom stereocenters. The van der Waals surface area contributed by atoms with Crippen LogP contribution in [-0.4, -0.2) is 12.6 Å². The van der Waals surface area contributed by atoms with Gasteiger partial charge in [-0.3, -0.25) is 4.79 Å². The van der Waals surface area contributed by atoms with Crippen molar-refractivity contribution in [1.82, 2.24) is 0 Å². The normalized spacial score (nSPS) is 11.3. The number of ether oxygens (including phenoxy) is 1. The van der Waals surface area contributed by atoms with Crippen molar-refractivity contribution in [2.75, 3.05) is 6.61 Å². The number of hydrogen-bond acceptors (Lipinski definition) is 2. The summed E-state index contributed by atoms with van der Waals surface area (Å²) < 4.78 is 4.94. The second-order valence-electron chi connectivity index (χ2n) is 5.95. The fourth-order valence-electron chi connectivity index (χ4n) is 2.30. The summed E-state index contributed by atoms with van der Waals surface area (Å²) in [5.74, 6) is -0.101. The summed E-state index contributed by atoms with van der Waals surface area (Å²) in [6.07, 6.45) is 24.5. The summed E-state index contributed by atoms with van der Waals surface area (Å²) in [6.45, 7) is 6.10. The van der Waals surface area contributed by atoms with Crippen molar-refractivity contribution in [1.29, 1.82) is 0 Å². The summed E-state index contributed by atoms with van der Waals surface area (Å²) in [7, 11) is 0. The molecule has 2 heteroatoms. The van der Waals surface area contributed by atoms with E-state index in [0.717, 1.165) is 19.3 Å². The molecular formula is C21H36O2. The summed E-state index contributed by atoms with van der Waals surface area (Å²) in [5.41, 5.74) is 0. The molecule has 132 valence electrons. The molecule has 0 amide bonds. The van der Waals surface area contributed by atoms with Gasteiger partial charge in [0.2, 0.25) is 0 Å². The van der Waals surface area contributed by atoms with Crippen LogP contribution in [0.4, 0.5) is 0 Å². The molecular weight excluding hydrogens is 284 g/mol. The molecule has 0 aromatic heterocycles. The molecule has 0 N–H and O–H groups in total. The molecule has 0 saturated heterocycles. The standard InChI is InChI=1S/C21H36O2/c1-3-5-6-7-8-9-10-11-12-13-14-15-16-17-18-19-21(22)23-20-4-2/h4,8-9,11-12H,2-3,5-7,10,13-20H2,1H3. The van der Waals surface area contributed by atoms with Crippen LogP contribution in [0, 0.1) is 0 Å². The minimum Gasteiger partial charge on any atom is -0.461 e. The Balaban J connectivity index is 3.24. The Bertz CT molecular complexity index is 329. The molecule has 0 rings (SSSR count). The third kappa shape index (κ3) is 18.6. The summed E-state index contributed by atoms with van der Waals surface area (Å²) >= 11 is 0. The lowest BCUT2D eigenvalue weighted by atomic mass is 10.1. The first-order chi connectivity index (χ1) is 11.3. The van der Waals surface area contributed by atoms with Crippen molar-refractivity contribution in [2.45, 2.75) is 84.0 Å². The second kappa shape index (κ2) is 18.7. The molecule has 0 saturated carbocycles. The smallest absolute Gasteiger partial charge is 0.306 e. The van der Waals surface area contributed by atoms with Crippen LogP contribution >= 0.6 is 0 Å². The topological polar surface area (TPSA) is 26.3 Å². The van der Waals surface area contributed by atoms with Crippen molar-refractivity contribution in [3.63, 3.8) is 0 Å². The summed E-state index contributed by atoms with van der Waals surface area (Å²) in [5, 5.41) is 0. The van der Waals surface area contributed by atoms with E-state index in [4.69, 9.17) is 4.74 Å². The number of carbonyl (C=O) groups excluding carboxylic acids is 1. The number of allylic oxidation sites excluding steroid dienone is 4. The van der Waals surface area contributed by atoms with Crippen LogP contribution in [0.3, 0.4) is 0 Å². The fourth-order valence-corrected chi connectivity index (χ4v) is 2.30. The van der Waals surface area contributed by atoms with Crippen molar-refractivity contribution >= 4 is 5.97 Å². The van der Waals surface area contributed by atoms with Gasteiger partial charge >= 0.3 is 5.97 Å². The van der Waals surface area contributed by atoms with Crippen LogP contribution in [0.15, 0.2) is 37.0 Å². The molecule has 0 radical (unpaired) electrons. The number of hydrogen-bond donors (Lipinski definition) is 0. The van der Waals surface area contributed by atoms with Crippen LogP contribution in [0.5, 0.6) is 0 Å². The molecule has 0 heterocycles. The maximum atomic E-state index is 11.3. The predicted molar refractivity (Wildman–Crippen MR) is 101 cm³/mol. The van der Waals surface area contributed by atoms with Gasteiger partial charge in [-0.15, -0.1) is 0 Å². The van der Waals surface area contributed by atoms with E-state index in [0.29, 0.717) is 13.0 Å². The first-order valence-electron chi connectivity index (χ1n) is 9.37. The summed E-state index contributed by atoms with van der Waals surface area (Å²) in [4.78, 5) is 11.3. The van der Waals surface area contributed by atoms with Gasteiger partial charge in [-0.1, -0.05) is 76.0 Å². The lowest BCUT2D eigenvalue weighted by Gasteiger charge is -2.02. The quantitative estimate of drug-likeness (QED) is 0.184. The van der Waals surface area contributed by atoms with E-state index in [1.165, 1.54) is 51.4 Å². The van der Waals surface area contributed by atoms with Crippen LogP contribution in [-0.2, 0) is 9.53 Å². The molecule has 0 aliphatic carbocycles.